The molecule has 3 rings (SSSR count). The smallest absolute Gasteiger partial charge is 0.457 e. The topological polar surface area (TPSA) is 67.9 Å². The van der Waals surface area contributed by atoms with Crippen molar-refractivity contribution in [3.05, 3.63) is 48.3 Å². The summed E-state index contributed by atoms with van der Waals surface area (Å²) >= 11 is 0. The van der Waals surface area contributed by atoms with E-state index < -0.39 is 29.9 Å². The summed E-state index contributed by atoms with van der Waals surface area (Å²) < 4.78 is 59.9. The standard InChI is InChI=1S/C19H16F4N2O4/c1-25-16(8-9-17(25)26)18(27)24-15-10-13(6-7-14(15)20)28-11-2-4-12(5-3-11)29-19(21,22)23/h2-7,10,16H,8-9H2,1H3,(H,24,27). The van der Waals surface area contributed by atoms with Gasteiger partial charge in [0.05, 0.1) is 5.69 Å². The SMILES string of the molecule is CN1C(=O)CCC1C(=O)Nc1cc(Oc2ccc(OC(F)(F)F)cc2)ccc1F. The van der Waals surface area contributed by atoms with Crippen molar-refractivity contribution in [3.63, 3.8) is 0 Å². The third-order valence-electron chi connectivity index (χ3n) is 4.28. The van der Waals surface area contributed by atoms with Crippen LogP contribution in [0.5, 0.6) is 17.2 Å². The van der Waals surface area contributed by atoms with Crippen LogP contribution in [0, 0.1) is 5.82 Å². The molecule has 1 N–H and O–H groups in total. The predicted molar refractivity (Wildman–Crippen MR) is 94.0 cm³/mol. The molecule has 1 atom stereocenters. The van der Waals surface area contributed by atoms with E-state index in [-0.39, 0.29) is 29.5 Å². The van der Waals surface area contributed by atoms with E-state index >= 15 is 0 Å². The summed E-state index contributed by atoms with van der Waals surface area (Å²) in [4.78, 5) is 25.2. The largest absolute Gasteiger partial charge is 0.573 e. The van der Waals surface area contributed by atoms with E-state index in [4.69, 9.17) is 4.74 Å². The lowest BCUT2D eigenvalue weighted by molar-refractivity contribution is -0.274. The Morgan fingerprint density at radius 2 is 1.72 bits per heavy atom. The maximum absolute atomic E-state index is 14.1. The van der Waals surface area contributed by atoms with Crippen LogP contribution in [-0.4, -0.2) is 36.2 Å². The predicted octanol–water partition coefficient (Wildman–Crippen LogP) is 4.08. The third kappa shape index (κ3) is 5.15. The first-order valence-electron chi connectivity index (χ1n) is 8.52. The Hall–Kier alpha value is -3.30. The fraction of sp³-hybridized carbons (Fsp3) is 0.263. The second-order valence-corrected chi connectivity index (χ2v) is 6.31. The van der Waals surface area contributed by atoms with Gasteiger partial charge in [-0.2, -0.15) is 0 Å². The van der Waals surface area contributed by atoms with Crippen molar-refractivity contribution in [2.75, 3.05) is 12.4 Å². The highest BCUT2D eigenvalue weighted by Gasteiger charge is 2.33. The zero-order valence-electron chi connectivity index (χ0n) is 15.1. The summed E-state index contributed by atoms with van der Waals surface area (Å²) in [5.41, 5.74) is -0.141. The molecule has 1 fully saturated rings. The molecular formula is C19H16F4N2O4. The van der Waals surface area contributed by atoms with Crippen molar-refractivity contribution < 1.29 is 36.6 Å². The summed E-state index contributed by atoms with van der Waals surface area (Å²) in [7, 11) is 1.50. The molecule has 0 aromatic heterocycles. The van der Waals surface area contributed by atoms with Crippen LogP contribution in [0.2, 0.25) is 0 Å². The molecule has 154 valence electrons. The lowest BCUT2D eigenvalue weighted by Gasteiger charge is -2.19. The highest BCUT2D eigenvalue weighted by molar-refractivity contribution is 5.99. The summed E-state index contributed by atoms with van der Waals surface area (Å²) in [5.74, 6) is -1.46. The first-order chi connectivity index (χ1) is 13.6. The molecule has 0 radical (unpaired) electrons. The number of nitrogens with zero attached hydrogens (tertiary/aromatic N) is 1. The van der Waals surface area contributed by atoms with Gasteiger partial charge in [-0.05, 0) is 42.8 Å². The number of carbonyl (C=O) groups is 2. The first kappa shape index (κ1) is 20.4. The quantitative estimate of drug-likeness (QED) is 0.752. The summed E-state index contributed by atoms with van der Waals surface area (Å²) in [6.07, 6.45) is -4.22. The molecule has 1 saturated heterocycles. The molecule has 2 aromatic carbocycles. The van der Waals surface area contributed by atoms with Crippen LogP contribution < -0.4 is 14.8 Å². The van der Waals surface area contributed by atoms with Crippen LogP contribution in [0.15, 0.2) is 42.5 Å². The highest BCUT2D eigenvalue weighted by atomic mass is 19.4. The Morgan fingerprint density at radius 1 is 1.10 bits per heavy atom. The normalized spacial score (nSPS) is 16.7. The Balaban J connectivity index is 1.69. The van der Waals surface area contributed by atoms with Gasteiger partial charge in [-0.1, -0.05) is 0 Å². The number of anilines is 1. The third-order valence-corrected chi connectivity index (χ3v) is 4.28. The van der Waals surface area contributed by atoms with E-state index in [9.17, 15) is 27.2 Å². The minimum absolute atomic E-state index is 0.141. The Kier molecular flexibility index (Phi) is 5.62. The van der Waals surface area contributed by atoms with Gasteiger partial charge in [-0.25, -0.2) is 4.39 Å². The highest BCUT2D eigenvalue weighted by Crippen LogP contribution is 2.30. The minimum atomic E-state index is -4.80. The average molecular weight is 412 g/mol. The molecule has 0 bridgehead atoms. The van der Waals surface area contributed by atoms with Crippen molar-refractivity contribution in [1.29, 1.82) is 0 Å². The number of hydrogen-bond acceptors (Lipinski definition) is 4. The van der Waals surface area contributed by atoms with Gasteiger partial charge in [-0.3, -0.25) is 9.59 Å². The van der Waals surface area contributed by atoms with E-state index in [1.165, 1.54) is 36.2 Å². The number of carbonyl (C=O) groups excluding carboxylic acids is 2. The first-order valence-corrected chi connectivity index (χ1v) is 8.52. The van der Waals surface area contributed by atoms with Gasteiger partial charge >= 0.3 is 6.36 Å². The monoisotopic (exact) mass is 412 g/mol. The number of hydrogen-bond donors (Lipinski definition) is 1. The Labute approximate surface area is 163 Å². The minimum Gasteiger partial charge on any atom is -0.457 e. The maximum Gasteiger partial charge on any atom is 0.573 e. The van der Waals surface area contributed by atoms with E-state index in [2.05, 4.69) is 10.1 Å². The maximum atomic E-state index is 14.1. The van der Waals surface area contributed by atoms with Crippen LogP contribution >= 0.6 is 0 Å². The van der Waals surface area contributed by atoms with Crippen LogP contribution in [0.3, 0.4) is 0 Å². The molecule has 0 aliphatic carbocycles. The van der Waals surface area contributed by atoms with E-state index in [1.807, 2.05) is 0 Å². The van der Waals surface area contributed by atoms with Gasteiger partial charge in [0.2, 0.25) is 11.8 Å². The lowest BCUT2D eigenvalue weighted by Crippen LogP contribution is -2.39. The molecule has 2 aromatic rings. The number of likely N-dealkylation sites (N-methyl/N-ethyl adjacent to an activating group) is 1. The van der Waals surface area contributed by atoms with Gasteiger partial charge in [-0.15, -0.1) is 13.2 Å². The van der Waals surface area contributed by atoms with Crippen molar-refractivity contribution in [2.45, 2.75) is 25.2 Å². The number of nitrogens with one attached hydrogen (secondary N) is 1. The zero-order valence-corrected chi connectivity index (χ0v) is 15.1. The van der Waals surface area contributed by atoms with Gasteiger partial charge in [0.1, 0.15) is 29.1 Å². The molecule has 0 saturated carbocycles. The second-order valence-electron chi connectivity index (χ2n) is 6.31. The second kappa shape index (κ2) is 7.98. The number of amides is 2. The molecule has 6 nitrogen and oxygen atoms in total. The number of rotatable bonds is 5. The van der Waals surface area contributed by atoms with Crippen molar-refractivity contribution >= 4 is 17.5 Å². The van der Waals surface area contributed by atoms with Crippen LogP contribution in [0.4, 0.5) is 23.2 Å². The number of ether oxygens (including phenoxy) is 2. The van der Waals surface area contributed by atoms with Crippen LogP contribution in [0.25, 0.3) is 0 Å². The molecule has 1 heterocycles. The molecule has 1 aliphatic heterocycles. The van der Waals surface area contributed by atoms with Crippen LogP contribution in [-0.2, 0) is 9.59 Å². The Bertz CT molecular complexity index is 915. The summed E-state index contributed by atoms with van der Waals surface area (Å²) in [6, 6.07) is 7.58. The molecule has 0 spiro atoms. The van der Waals surface area contributed by atoms with Gasteiger partial charge in [0.15, 0.2) is 0 Å². The molecule has 10 heteroatoms. The molecule has 2 amide bonds. The van der Waals surface area contributed by atoms with Crippen molar-refractivity contribution in [3.8, 4) is 17.2 Å². The molecule has 1 aliphatic rings. The average Bonchev–Trinajstić information content (AvgIpc) is 2.97. The fourth-order valence-electron chi connectivity index (χ4n) is 2.84. The van der Waals surface area contributed by atoms with Crippen molar-refractivity contribution in [2.24, 2.45) is 0 Å². The molecule has 29 heavy (non-hydrogen) atoms. The fourth-order valence-corrected chi connectivity index (χ4v) is 2.84. The van der Waals surface area contributed by atoms with E-state index in [0.717, 1.165) is 18.2 Å². The van der Waals surface area contributed by atoms with E-state index in [1.54, 1.807) is 0 Å². The summed E-state index contributed by atoms with van der Waals surface area (Å²) in [5, 5.41) is 2.43. The number of alkyl halides is 3. The number of likely N-dealkylation sites (tertiary alicyclic amines) is 1. The van der Waals surface area contributed by atoms with Gasteiger partial charge in [0, 0.05) is 19.5 Å². The van der Waals surface area contributed by atoms with E-state index in [0.29, 0.717) is 6.42 Å². The number of halogens is 4. The van der Waals surface area contributed by atoms with Gasteiger partial charge < -0.3 is 19.7 Å². The van der Waals surface area contributed by atoms with Crippen molar-refractivity contribution in [1.82, 2.24) is 4.90 Å². The molecular weight excluding hydrogens is 396 g/mol. The Morgan fingerprint density at radius 3 is 2.31 bits per heavy atom. The summed E-state index contributed by atoms with van der Waals surface area (Å²) in [6.45, 7) is 0. The molecule has 1 unspecified atom stereocenters. The van der Waals surface area contributed by atoms with Gasteiger partial charge in [0.25, 0.3) is 0 Å². The number of benzene rings is 2. The van der Waals surface area contributed by atoms with Crippen LogP contribution in [0.1, 0.15) is 12.8 Å². The zero-order chi connectivity index (χ0) is 21.2. The lowest BCUT2D eigenvalue weighted by atomic mass is 10.2.